The van der Waals surface area contributed by atoms with Crippen LogP contribution in [0.4, 0.5) is 11.4 Å². The number of hydrogen-bond donors (Lipinski definition) is 2. The summed E-state index contributed by atoms with van der Waals surface area (Å²) in [7, 11) is 0. The molecule has 5 heteroatoms. The van der Waals surface area contributed by atoms with Crippen LogP contribution in [0.3, 0.4) is 0 Å². The fourth-order valence-corrected chi connectivity index (χ4v) is 1.70. The minimum absolute atomic E-state index is 0.0196. The van der Waals surface area contributed by atoms with Gasteiger partial charge >= 0.3 is 0 Å². The monoisotopic (exact) mass is 297 g/mol. The van der Waals surface area contributed by atoms with Crippen LogP contribution < -0.4 is 10.6 Å². The summed E-state index contributed by atoms with van der Waals surface area (Å²) < 4.78 is 0. The SMILES string of the molecule is N#C/C(=C/Nc1ccccc1)C(=O)Nc1ccc(Cl)cc1. The van der Waals surface area contributed by atoms with Crippen LogP contribution in [0.2, 0.25) is 5.02 Å². The molecule has 1 amide bonds. The van der Waals surface area contributed by atoms with Gasteiger partial charge in [0.25, 0.3) is 5.91 Å². The van der Waals surface area contributed by atoms with Crippen LogP contribution in [-0.2, 0) is 4.79 Å². The highest BCUT2D eigenvalue weighted by atomic mass is 35.5. The third-order valence-electron chi connectivity index (χ3n) is 2.62. The van der Waals surface area contributed by atoms with Gasteiger partial charge < -0.3 is 10.6 Å². The van der Waals surface area contributed by atoms with E-state index in [4.69, 9.17) is 16.9 Å². The van der Waals surface area contributed by atoms with Gasteiger partial charge in [-0.3, -0.25) is 4.79 Å². The van der Waals surface area contributed by atoms with Gasteiger partial charge in [-0.1, -0.05) is 29.8 Å². The number of nitriles is 1. The number of hydrogen-bond acceptors (Lipinski definition) is 3. The molecule has 0 heterocycles. The van der Waals surface area contributed by atoms with Crippen LogP contribution in [0.1, 0.15) is 0 Å². The van der Waals surface area contributed by atoms with Gasteiger partial charge in [0, 0.05) is 22.6 Å². The largest absolute Gasteiger partial charge is 0.360 e. The quantitative estimate of drug-likeness (QED) is 0.666. The Hall–Kier alpha value is -2.77. The van der Waals surface area contributed by atoms with Crippen LogP contribution >= 0.6 is 11.6 Å². The number of benzene rings is 2. The molecule has 104 valence electrons. The fourth-order valence-electron chi connectivity index (χ4n) is 1.57. The summed E-state index contributed by atoms with van der Waals surface area (Å²) >= 11 is 5.77. The molecular weight excluding hydrogens is 286 g/mol. The van der Waals surface area contributed by atoms with Gasteiger partial charge in [-0.2, -0.15) is 5.26 Å². The van der Waals surface area contributed by atoms with E-state index in [2.05, 4.69) is 10.6 Å². The normalized spacial score (nSPS) is 10.6. The van der Waals surface area contributed by atoms with E-state index in [9.17, 15) is 4.79 Å². The standard InChI is InChI=1S/C16H12ClN3O/c17-13-6-8-15(9-7-13)20-16(21)12(10-18)11-19-14-4-2-1-3-5-14/h1-9,11,19H,(H,20,21)/b12-11-. The molecule has 2 aromatic rings. The van der Waals surface area contributed by atoms with Crippen molar-refractivity contribution >= 4 is 28.9 Å². The first-order valence-corrected chi connectivity index (χ1v) is 6.55. The van der Waals surface area contributed by atoms with Crippen molar-refractivity contribution in [1.82, 2.24) is 0 Å². The van der Waals surface area contributed by atoms with Crippen LogP contribution in [-0.4, -0.2) is 5.91 Å². The molecule has 0 aliphatic carbocycles. The van der Waals surface area contributed by atoms with Gasteiger partial charge in [-0.25, -0.2) is 0 Å². The topological polar surface area (TPSA) is 64.9 Å². The molecule has 0 unspecified atom stereocenters. The molecule has 0 fully saturated rings. The lowest BCUT2D eigenvalue weighted by molar-refractivity contribution is -0.112. The van der Waals surface area contributed by atoms with Gasteiger partial charge in [-0.15, -0.1) is 0 Å². The van der Waals surface area contributed by atoms with Gasteiger partial charge in [0.05, 0.1) is 0 Å². The molecule has 0 aliphatic rings. The second-order valence-electron chi connectivity index (χ2n) is 4.14. The maximum absolute atomic E-state index is 12.0. The molecule has 0 atom stereocenters. The maximum atomic E-state index is 12.0. The highest BCUT2D eigenvalue weighted by Crippen LogP contribution is 2.14. The molecule has 0 spiro atoms. The highest BCUT2D eigenvalue weighted by molar-refractivity contribution is 6.30. The van der Waals surface area contributed by atoms with Crippen molar-refractivity contribution in [1.29, 1.82) is 5.26 Å². The predicted molar refractivity (Wildman–Crippen MR) is 83.8 cm³/mol. The number of carbonyl (C=O) groups is 1. The first-order chi connectivity index (χ1) is 10.2. The van der Waals surface area contributed by atoms with E-state index in [0.29, 0.717) is 10.7 Å². The van der Waals surface area contributed by atoms with Gasteiger partial charge in [0.15, 0.2) is 0 Å². The molecule has 2 aromatic carbocycles. The Kier molecular flexibility index (Phi) is 4.97. The first kappa shape index (κ1) is 14.6. The van der Waals surface area contributed by atoms with Crippen LogP contribution in [0.25, 0.3) is 0 Å². The Labute approximate surface area is 127 Å². The first-order valence-electron chi connectivity index (χ1n) is 6.18. The van der Waals surface area contributed by atoms with Crippen molar-refractivity contribution in [3.63, 3.8) is 0 Å². The van der Waals surface area contributed by atoms with E-state index in [1.807, 2.05) is 36.4 Å². The Morgan fingerprint density at radius 2 is 1.71 bits per heavy atom. The molecule has 4 nitrogen and oxygen atoms in total. The maximum Gasteiger partial charge on any atom is 0.267 e. The van der Waals surface area contributed by atoms with Crippen LogP contribution in [0.15, 0.2) is 66.4 Å². The lowest BCUT2D eigenvalue weighted by Crippen LogP contribution is -2.14. The number of carbonyl (C=O) groups excluding carboxylic acids is 1. The van der Waals surface area contributed by atoms with E-state index < -0.39 is 5.91 Å². The summed E-state index contributed by atoms with van der Waals surface area (Å²) in [6.45, 7) is 0. The molecule has 21 heavy (non-hydrogen) atoms. The van der Waals surface area contributed by atoms with Crippen molar-refractivity contribution < 1.29 is 4.79 Å². The molecule has 0 radical (unpaired) electrons. The molecular formula is C16H12ClN3O. The zero-order valence-corrected chi connectivity index (χ0v) is 11.8. The Balaban J connectivity index is 2.05. The molecule has 0 aliphatic heterocycles. The summed E-state index contributed by atoms with van der Waals surface area (Å²) in [5, 5.41) is 15.2. The number of anilines is 2. The smallest absolute Gasteiger partial charge is 0.267 e. The summed E-state index contributed by atoms with van der Waals surface area (Å²) in [6, 6.07) is 17.8. The minimum Gasteiger partial charge on any atom is -0.360 e. The Morgan fingerprint density at radius 3 is 2.33 bits per heavy atom. The van der Waals surface area contributed by atoms with Gasteiger partial charge in [0.1, 0.15) is 11.6 Å². The molecule has 0 saturated heterocycles. The highest BCUT2D eigenvalue weighted by Gasteiger charge is 2.09. The van der Waals surface area contributed by atoms with E-state index in [1.54, 1.807) is 24.3 Å². The number of nitrogens with one attached hydrogen (secondary N) is 2. The van der Waals surface area contributed by atoms with Crippen molar-refractivity contribution in [3.8, 4) is 6.07 Å². The minimum atomic E-state index is -0.483. The average molecular weight is 298 g/mol. The van der Waals surface area contributed by atoms with Crippen LogP contribution in [0, 0.1) is 11.3 Å². The molecule has 2 rings (SSSR count). The predicted octanol–water partition coefficient (Wildman–Crippen LogP) is 3.80. The van der Waals surface area contributed by atoms with E-state index >= 15 is 0 Å². The summed E-state index contributed by atoms with van der Waals surface area (Å²) in [5.74, 6) is -0.483. The average Bonchev–Trinajstić information content (AvgIpc) is 2.51. The molecule has 2 N–H and O–H groups in total. The number of rotatable bonds is 4. The summed E-state index contributed by atoms with van der Waals surface area (Å²) in [5.41, 5.74) is 1.35. The van der Waals surface area contributed by atoms with Crippen molar-refractivity contribution in [2.75, 3.05) is 10.6 Å². The number of nitrogens with zero attached hydrogens (tertiary/aromatic N) is 1. The second kappa shape index (κ2) is 7.13. The van der Waals surface area contributed by atoms with Gasteiger partial charge in [-0.05, 0) is 36.4 Å². The zero-order chi connectivity index (χ0) is 15.1. The molecule has 0 saturated carbocycles. The van der Waals surface area contributed by atoms with Gasteiger partial charge in [0.2, 0.25) is 0 Å². The lowest BCUT2D eigenvalue weighted by atomic mass is 10.2. The van der Waals surface area contributed by atoms with Crippen molar-refractivity contribution in [2.24, 2.45) is 0 Å². The number of amides is 1. The number of halogens is 1. The second-order valence-corrected chi connectivity index (χ2v) is 4.58. The van der Waals surface area contributed by atoms with E-state index in [1.165, 1.54) is 6.20 Å². The number of para-hydroxylation sites is 1. The van der Waals surface area contributed by atoms with E-state index in [0.717, 1.165) is 5.69 Å². The zero-order valence-electron chi connectivity index (χ0n) is 11.0. The van der Waals surface area contributed by atoms with Crippen LogP contribution in [0.5, 0.6) is 0 Å². The summed E-state index contributed by atoms with van der Waals surface area (Å²) in [6.07, 6.45) is 1.38. The molecule has 0 bridgehead atoms. The Morgan fingerprint density at radius 1 is 1.05 bits per heavy atom. The third-order valence-corrected chi connectivity index (χ3v) is 2.88. The lowest BCUT2D eigenvalue weighted by Gasteiger charge is -2.05. The van der Waals surface area contributed by atoms with E-state index in [-0.39, 0.29) is 5.57 Å². The fraction of sp³-hybridized carbons (Fsp3) is 0. The van der Waals surface area contributed by atoms with Crippen molar-refractivity contribution in [2.45, 2.75) is 0 Å². The third kappa shape index (κ3) is 4.37. The summed E-state index contributed by atoms with van der Waals surface area (Å²) in [4.78, 5) is 12.0. The Bertz CT molecular complexity index is 688. The molecule has 0 aromatic heterocycles. The van der Waals surface area contributed by atoms with Crippen molar-refractivity contribution in [3.05, 3.63) is 71.4 Å².